The molecule has 144 valence electrons. The molecule has 1 aliphatic rings. The van der Waals surface area contributed by atoms with Gasteiger partial charge >= 0.3 is 0 Å². The Morgan fingerprint density at radius 2 is 1.85 bits per heavy atom. The third kappa shape index (κ3) is 4.26. The zero-order chi connectivity index (χ0) is 19.3. The molecule has 0 saturated carbocycles. The van der Waals surface area contributed by atoms with Crippen molar-refractivity contribution < 1.29 is 9.59 Å². The lowest BCUT2D eigenvalue weighted by Crippen LogP contribution is -2.41. The van der Waals surface area contributed by atoms with Crippen LogP contribution in [-0.2, 0) is 4.79 Å². The van der Waals surface area contributed by atoms with Crippen LogP contribution in [0.1, 0.15) is 62.4 Å². The van der Waals surface area contributed by atoms with Crippen molar-refractivity contribution in [2.45, 2.75) is 53.4 Å². The first kappa shape index (κ1) is 20.4. The summed E-state index contributed by atoms with van der Waals surface area (Å²) in [6, 6.07) is 5.52. The van der Waals surface area contributed by atoms with Crippen LogP contribution in [0.25, 0.3) is 0 Å². The van der Waals surface area contributed by atoms with Gasteiger partial charge in [0.2, 0.25) is 5.91 Å². The minimum atomic E-state index is -0.536. The standard InChI is InChI=1S/C21H33N3O2/c1-5-21(6-2,14-22)20(26)23-18-8-7-17(13-16(18)4)19(25)24-11-9-15(3)10-12-24/h7-8,13,15H,5-6,9-12,14,22H2,1-4H3,(H,23,26). The lowest BCUT2D eigenvalue weighted by Gasteiger charge is -2.30. The largest absolute Gasteiger partial charge is 0.339 e. The van der Waals surface area contributed by atoms with Crippen LogP contribution in [0.15, 0.2) is 18.2 Å². The molecule has 1 aromatic carbocycles. The summed E-state index contributed by atoms with van der Waals surface area (Å²) < 4.78 is 0. The van der Waals surface area contributed by atoms with E-state index >= 15 is 0 Å². The predicted octanol–water partition coefficient (Wildman–Crippen LogP) is 3.57. The van der Waals surface area contributed by atoms with Gasteiger partial charge in [0.25, 0.3) is 5.91 Å². The van der Waals surface area contributed by atoms with Crippen molar-refractivity contribution in [2.75, 3.05) is 25.0 Å². The number of benzene rings is 1. The van der Waals surface area contributed by atoms with Crippen LogP contribution in [0.4, 0.5) is 5.69 Å². The summed E-state index contributed by atoms with van der Waals surface area (Å²) in [5.74, 6) is 0.729. The van der Waals surface area contributed by atoms with E-state index in [9.17, 15) is 9.59 Å². The molecule has 0 aromatic heterocycles. The molecule has 26 heavy (non-hydrogen) atoms. The van der Waals surface area contributed by atoms with E-state index in [4.69, 9.17) is 5.73 Å². The molecular formula is C21H33N3O2. The zero-order valence-corrected chi connectivity index (χ0v) is 16.6. The number of likely N-dealkylation sites (tertiary alicyclic amines) is 1. The van der Waals surface area contributed by atoms with E-state index in [2.05, 4.69) is 12.2 Å². The van der Waals surface area contributed by atoms with E-state index in [0.29, 0.717) is 30.9 Å². The minimum absolute atomic E-state index is 0.0443. The second-order valence-electron chi connectivity index (χ2n) is 7.65. The quantitative estimate of drug-likeness (QED) is 0.815. The number of hydrogen-bond acceptors (Lipinski definition) is 3. The lowest BCUT2D eigenvalue weighted by atomic mass is 9.81. The van der Waals surface area contributed by atoms with E-state index in [-0.39, 0.29) is 11.8 Å². The van der Waals surface area contributed by atoms with Crippen LogP contribution in [0.2, 0.25) is 0 Å². The minimum Gasteiger partial charge on any atom is -0.339 e. The first-order chi connectivity index (χ1) is 12.4. The number of carbonyl (C=O) groups excluding carboxylic acids is 2. The Balaban J connectivity index is 2.12. The smallest absolute Gasteiger partial charge is 0.253 e. The van der Waals surface area contributed by atoms with Gasteiger partial charge in [0.15, 0.2) is 0 Å². The van der Waals surface area contributed by atoms with Crippen LogP contribution in [-0.4, -0.2) is 36.3 Å². The highest BCUT2D eigenvalue weighted by atomic mass is 16.2. The molecule has 1 aromatic rings. The first-order valence-corrected chi connectivity index (χ1v) is 9.78. The highest BCUT2D eigenvalue weighted by molar-refractivity contribution is 5.98. The number of carbonyl (C=O) groups is 2. The zero-order valence-electron chi connectivity index (χ0n) is 16.6. The fraction of sp³-hybridized carbons (Fsp3) is 0.619. The number of piperidine rings is 1. The summed E-state index contributed by atoms with van der Waals surface area (Å²) in [6.07, 6.45) is 3.53. The molecule has 0 bridgehead atoms. The molecule has 1 heterocycles. The van der Waals surface area contributed by atoms with Crippen LogP contribution in [0, 0.1) is 18.3 Å². The summed E-state index contributed by atoms with van der Waals surface area (Å²) in [5.41, 5.74) is 7.66. The van der Waals surface area contributed by atoms with Crippen molar-refractivity contribution in [3.05, 3.63) is 29.3 Å². The fourth-order valence-electron chi connectivity index (χ4n) is 3.54. The number of hydrogen-bond donors (Lipinski definition) is 2. The maximum absolute atomic E-state index is 12.7. The van der Waals surface area contributed by atoms with Crippen molar-refractivity contribution in [1.82, 2.24) is 4.90 Å². The van der Waals surface area contributed by atoms with Gasteiger partial charge in [0, 0.05) is 30.9 Å². The molecule has 2 amide bonds. The number of nitrogens with one attached hydrogen (secondary N) is 1. The molecule has 0 atom stereocenters. The summed E-state index contributed by atoms with van der Waals surface area (Å²) >= 11 is 0. The average molecular weight is 360 g/mol. The van der Waals surface area contributed by atoms with Crippen LogP contribution in [0.3, 0.4) is 0 Å². The normalized spacial score (nSPS) is 15.8. The summed E-state index contributed by atoms with van der Waals surface area (Å²) in [7, 11) is 0. The van der Waals surface area contributed by atoms with Gasteiger partial charge in [-0.15, -0.1) is 0 Å². The monoisotopic (exact) mass is 359 g/mol. The molecule has 1 aliphatic heterocycles. The Morgan fingerprint density at radius 3 is 2.35 bits per heavy atom. The highest BCUT2D eigenvalue weighted by Crippen LogP contribution is 2.28. The molecule has 0 aliphatic carbocycles. The van der Waals surface area contributed by atoms with E-state index in [1.165, 1.54) is 0 Å². The maximum atomic E-state index is 12.7. The van der Waals surface area contributed by atoms with Crippen LogP contribution < -0.4 is 11.1 Å². The number of nitrogens with zero attached hydrogens (tertiary/aromatic N) is 1. The molecule has 1 saturated heterocycles. The average Bonchev–Trinajstić information content (AvgIpc) is 2.65. The highest BCUT2D eigenvalue weighted by Gasteiger charge is 2.33. The van der Waals surface area contributed by atoms with E-state index in [1.54, 1.807) is 0 Å². The lowest BCUT2D eigenvalue weighted by molar-refractivity contribution is -0.125. The van der Waals surface area contributed by atoms with Gasteiger partial charge in [0.1, 0.15) is 0 Å². The number of aryl methyl sites for hydroxylation is 1. The van der Waals surface area contributed by atoms with Gasteiger partial charge in [-0.1, -0.05) is 20.8 Å². The number of nitrogens with two attached hydrogens (primary N) is 1. The summed E-state index contributed by atoms with van der Waals surface area (Å²) in [6.45, 7) is 10.1. The van der Waals surface area contributed by atoms with Gasteiger partial charge < -0.3 is 16.0 Å². The number of anilines is 1. The fourth-order valence-corrected chi connectivity index (χ4v) is 3.54. The molecule has 5 heteroatoms. The molecule has 0 unspecified atom stereocenters. The third-order valence-corrected chi connectivity index (χ3v) is 6.02. The van der Waals surface area contributed by atoms with E-state index < -0.39 is 5.41 Å². The first-order valence-electron chi connectivity index (χ1n) is 9.78. The molecular weight excluding hydrogens is 326 g/mol. The van der Waals surface area contributed by atoms with Gasteiger partial charge in [-0.05, 0) is 62.3 Å². The number of rotatable bonds is 6. The number of amides is 2. The van der Waals surface area contributed by atoms with Crippen molar-refractivity contribution in [3.63, 3.8) is 0 Å². The molecule has 1 fully saturated rings. The maximum Gasteiger partial charge on any atom is 0.253 e. The summed E-state index contributed by atoms with van der Waals surface area (Å²) in [5, 5.41) is 3.01. The van der Waals surface area contributed by atoms with Crippen LogP contribution >= 0.6 is 0 Å². The van der Waals surface area contributed by atoms with E-state index in [0.717, 1.165) is 37.2 Å². The summed E-state index contributed by atoms with van der Waals surface area (Å²) in [4.78, 5) is 27.4. The predicted molar refractivity (Wildman–Crippen MR) is 106 cm³/mol. The van der Waals surface area contributed by atoms with Gasteiger partial charge in [0.05, 0.1) is 5.41 Å². The molecule has 3 N–H and O–H groups in total. The van der Waals surface area contributed by atoms with Crippen molar-refractivity contribution in [2.24, 2.45) is 17.1 Å². The molecule has 0 radical (unpaired) electrons. The van der Waals surface area contributed by atoms with Gasteiger partial charge in [-0.3, -0.25) is 9.59 Å². The Bertz CT molecular complexity index is 636. The van der Waals surface area contributed by atoms with Crippen molar-refractivity contribution in [1.29, 1.82) is 0 Å². The van der Waals surface area contributed by atoms with Gasteiger partial charge in [-0.2, -0.15) is 0 Å². The third-order valence-electron chi connectivity index (χ3n) is 6.02. The molecule has 5 nitrogen and oxygen atoms in total. The Labute approximate surface area is 157 Å². The van der Waals surface area contributed by atoms with Crippen molar-refractivity contribution in [3.8, 4) is 0 Å². The molecule has 2 rings (SSSR count). The second-order valence-corrected chi connectivity index (χ2v) is 7.65. The SMILES string of the molecule is CCC(CC)(CN)C(=O)Nc1ccc(C(=O)N2CCC(C)CC2)cc1C. The Kier molecular flexibility index (Phi) is 6.81. The van der Waals surface area contributed by atoms with Crippen molar-refractivity contribution >= 4 is 17.5 Å². The molecule has 0 spiro atoms. The van der Waals surface area contributed by atoms with E-state index in [1.807, 2.05) is 43.9 Å². The Morgan fingerprint density at radius 1 is 1.23 bits per heavy atom. The Hall–Kier alpha value is -1.88. The van der Waals surface area contributed by atoms with Gasteiger partial charge in [-0.25, -0.2) is 0 Å². The van der Waals surface area contributed by atoms with Crippen LogP contribution in [0.5, 0.6) is 0 Å². The topological polar surface area (TPSA) is 75.4 Å². The second kappa shape index (κ2) is 8.67.